The molecule has 0 aliphatic heterocycles. The largest absolute Gasteiger partial charge is 0.457 e. The molecule has 3 rings (SSSR count). The molecule has 6 heteroatoms. The summed E-state index contributed by atoms with van der Waals surface area (Å²) in [4.78, 5) is 0. The van der Waals surface area contributed by atoms with Crippen molar-refractivity contribution in [2.45, 2.75) is 59.2 Å². The fourth-order valence-corrected chi connectivity index (χ4v) is 4.14. The molecule has 192 valence electrons. The quantitative estimate of drug-likeness (QED) is 0.280. The Morgan fingerprint density at radius 2 is 1.64 bits per heavy atom. The van der Waals surface area contributed by atoms with Crippen LogP contribution in [0.1, 0.15) is 63.1 Å². The predicted molar refractivity (Wildman–Crippen MR) is 141 cm³/mol. The van der Waals surface area contributed by atoms with Crippen molar-refractivity contribution < 1.29 is 23.6 Å². The van der Waals surface area contributed by atoms with Gasteiger partial charge in [0.1, 0.15) is 17.2 Å². The van der Waals surface area contributed by atoms with E-state index in [1.54, 1.807) is 6.07 Å². The molecule has 0 saturated heterocycles. The number of rotatable bonds is 11. The summed E-state index contributed by atoms with van der Waals surface area (Å²) in [5.74, 6) is 0.631. The Morgan fingerprint density at radius 1 is 0.944 bits per heavy atom. The molecule has 36 heavy (non-hydrogen) atoms. The zero-order valence-corrected chi connectivity index (χ0v) is 21.3. The van der Waals surface area contributed by atoms with Gasteiger partial charge in [0.25, 0.3) is 0 Å². The van der Waals surface area contributed by atoms with Crippen LogP contribution in [0.15, 0.2) is 78.9 Å². The Morgan fingerprint density at radius 3 is 2.33 bits per heavy atom. The highest BCUT2D eigenvalue weighted by molar-refractivity contribution is 5.62. The van der Waals surface area contributed by atoms with Crippen LogP contribution in [0.5, 0.6) is 11.5 Å². The molecule has 0 amide bonds. The second-order valence-corrected chi connectivity index (χ2v) is 9.56. The summed E-state index contributed by atoms with van der Waals surface area (Å²) in [7, 11) is 0. The molecule has 0 spiro atoms. The summed E-state index contributed by atoms with van der Waals surface area (Å²) in [6.07, 6.45) is 2.36. The van der Waals surface area contributed by atoms with Gasteiger partial charge in [-0.2, -0.15) is 13.2 Å². The van der Waals surface area contributed by atoms with E-state index in [0.717, 1.165) is 47.5 Å². The molecule has 3 aromatic carbocycles. The molecule has 0 bridgehead atoms. The molecule has 0 saturated carbocycles. The van der Waals surface area contributed by atoms with Crippen molar-refractivity contribution in [3.8, 4) is 11.5 Å². The van der Waals surface area contributed by atoms with Crippen molar-refractivity contribution in [1.29, 1.82) is 0 Å². The lowest BCUT2D eigenvalue weighted by Crippen LogP contribution is -2.46. The SMILES string of the molecule is CCCC(C)(CC)C/C=C(/[NH3+])c1cccc(NCc2cccc(Oc3cccc(C(F)(F)F)c3)c2)c1. The van der Waals surface area contributed by atoms with E-state index in [1.807, 2.05) is 30.3 Å². The lowest BCUT2D eigenvalue weighted by molar-refractivity contribution is -0.244. The van der Waals surface area contributed by atoms with Gasteiger partial charge in [0, 0.05) is 17.8 Å². The highest BCUT2D eigenvalue weighted by Gasteiger charge is 2.30. The van der Waals surface area contributed by atoms with Gasteiger partial charge < -0.3 is 15.8 Å². The lowest BCUT2D eigenvalue weighted by atomic mass is 9.79. The van der Waals surface area contributed by atoms with Crippen LogP contribution in [0.25, 0.3) is 5.70 Å². The summed E-state index contributed by atoms with van der Waals surface area (Å²) in [5.41, 5.74) is 7.87. The molecule has 3 nitrogen and oxygen atoms in total. The minimum absolute atomic E-state index is 0.149. The molecule has 4 N–H and O–H groups in total. The molecule has 1 atom stereocenters. The first-order valence-electron chi connectivity index (χ1n) is 12.4. The molecule has 3 aromatic rings. The summed E-state index contributed by atoms with van der Waals surface area (Å²) >= 11 is 0. The standard InChI is InChI=1S/C30H35F3N2O/c1-4-16-29(3,5-2)17-15-28(34)23-10-7-12-25(19-23)35-21-22-9-6-13-26(18-22)36-27-14-8-11-24(20-27)30(31,32)33/h6-15,18-20,35H,4-5,16-17,21,34H2,1-3H3/p+1/b28-15+. The van der Waals surface area contributed by atoms with E-state index in [9.17, 15) is 13.2 Å². The Hall–Kier alpha value is -3.25. The fourth-order valence-electron chi connectivity index (χ4n) is 4.14. The van der Waals surface area contributed by atoms with Crippen molar-refractivity contribution in [3.05, 3.63) is 95.6 Å². The van der Waals surface area contributed by atoms with Crippen LogP contribution in [0, 0.1) is 5.41 Å². The van der Waals surface area contributed by atoms with E-state index < -0.39 is 11.7 Å². The fraction of sp³-hybridized carbons (Fsp3) is 0.333. The van der Waals surface area contributed by atoms with Crippen molar-refractivity contribution in [3.63, 3.8) is 0 Å². The summed E-state index contributed by atoms with van der Waals surface area (Å²) < 4.78 is 44.6. The molecule has 0 aromatic heterocycles. The highest BCUT2D eigenvalue weighted by Crippen LogP contribution is 2.34. The van der Waals surface area contributed by atoms with Crippen molar-refractivity contribution >= 4 is 11.4 Å². The monoisotopic (exact) mass is 497 g/mol. The number of benzene rings is 3. The van der Waals surface area contributed by atoms with E-state index in [2.05, 4.69) is 50.0 Å². The maximum absolute atomic E-state index is 13.0. The second kappa shape index (κ2) is 12.1. The Labute approximate surface area is 212 Å². The van der Waals surface area contributed by atoms with Crippen molar-refractivity contribution in [2.24, 2.45) is 5.41 Å². The third kappa shape index (κ3) is 7.89. The molecular formula is C30H36F3N2O+. The van der Waals surface area contributed by atoms with Crippen LogP contribution >= 0.6 is 0 Å². The third-order valence-corrected chi connectivity index (χ3v) is 6.57. The van der Waals surface area contributed by atoms with Gasteiger partial charge in [-0.05, 0) is 78.4 Å². The number of alkyl halides is 3. The number of hydrogen-bond acceptors (Lipinski definition) is 2. The molecule has 0 aliphatic rings. The topological polar surface area (TPSA) is 48.9 Å². The summed E-state index contributed by atoms with van der Waals surface area (Å²) in [6.45, 7) is 7.36. The highest BCUT2D eigenvalue weighted by atomic mass is 19.4. The van der Waals surface area contributed by atoms with Gasteiger partial charge in [0.15, 0.2) is 0 Å². The van der Waals surface area contributed by atoms with Gasteiger partial charge in [0.05, 0.1) is 5.56 Å². The zero-order chi connectivity index (χ0) is 26.2. The van der Waals surface area contributed by atoms with Crippen LogP contribution in [0.4, 0.5) is 18.9 Å². The van der Waals surface area contributed by atoms with Gasteiger partial charge in [-0.1, -0.05) is 57.9 Å². The predicted octanol–water partition coefficient (Wildman–Crippen LogP) is 8.30. The molecule has 0 heterocycles. The van der Waals surface area contributed by atoms with Crippen LogP contribution in [-0.4, -0.2) is 0 Å². The third-order valence-electron chi connectivity index (χ3n) is 6.57. The Balaban J connectivity index is 1.65. The number of ether oxygens (including phenoxy) is 1. The van der Waals surface area contributed by atoms with Crippen molar-refractivity contribution in [2.75, 3.05) is 5.32 Å². The molecule has 0 radical (unpaired) electrons. The van der Waals surface area contributed by atoms with Gasteiger partial charge in [-0.3, -0.25) is 0 Å². The van der Waals surface area contributed by atoms with Gasteiger partial charge >= 0.3 is 6.18 Å². The number of allylic oxidation sites excluding steroid dienone is 1. The van der Waals surface area contributed by atoms with Crippen LogP contribution < -0.4 is 15.8 Å². The maximum Gasteiger partial charge on any atom is 0.416 e. The van der Waals surface area contributed by atoms with E-state index in [-0.39, 0.29) is 5.75 Å². The molecule has 0 aliphatic carbocycles. The van der Waals surface area contributed by atoms with E-state index in [4.69, 9.17) is 4.74 Å². The van der Waals surface area contributed by atoms with Crippen LogP contribution in [0.2, 0.25) is 0 Å². The molecule has 1 unspecified atom stereocenters. The first-order valence-corrected chi connectivity index (χ1v) is 12.4. The van der Waals surface area contributed by atoms with E-state index >= 15 is 0 Å². The second-order valence-electron chi connectivity index (χ2n) is 9.56. The van der Waals surface area contributed by atoms with E-state index in [0.29, 0.717) is 17.7 Å². The number of nitrogens with one attached hydrogen (secondary N) is 1. The number of quaternary nitrogens is 1. The molecular weight excluding hydrogens is 461 g/mol. The van der Waals surface area contributed by atoms with Crippen LogP contribution in [0.3, 0.4) is 0 Å². The smallest absolute Gasteiger partial charge is 0.416 e. The average molecular weight is 498 g/mol. The lowest BCUT2D eigenvalue weighted by Gasteiger charge is -2.26. The number of hydrogen-bond donors (Lipinski definition) is 2. The van der Waals surface area contributed by atoms with Crippen LogP contribution in [-0.2, 0) is 12.7 Å². The first kappa shape index (κ1) is 27.3. The van der Waals surface area contributed by atoms with Gasteiger partial charge in [-0.15, -0.1) is 0 Å². The average Bonchev–Trinajstić information content (AvgIpc) is 2.86. The first-order chi connectivity index (χ1) is 17.1. The normalized spacial score (nSPS) is 13.8. The van der Waals surface area contributed by atoms with Gasteiger partial charge in [-0.25, -0.2) is 0 Å². The summed E-state index contributed by atoms with van der Waals surface area (Å²) in [5, 5.41) is 3.42. The number of anilines is 1. The maximum atomic E-state index is 13.0. The van der Waals surface area contributed by atoms with Crippen molar-refractivity contribution in [1.82, 2.24) is 0 Å². The van der Waals surface area contributed by atoms with E-state index in [1.165, 1.54) is 25.0 Å². The Bertz CT molecular complexity index is 1170. The summed E-state index contributed by atoms with van der Waals surface area (Å²) in [6, 6.07) is 20.4. The minimum atomic E-state index is -4.41. The zero-order valence-electron chi connectivity index (χ0n) is 21.3. The number of halogens is 3. The minimum Gasteiger partial charge on any atom is -0.457 e. The molecule has 0 fully saturated rings. The van der Waals surface area contributed by atoms with Gasteiger partial charge in [0.2, 0.25) is 0 Å². The Kier molecular flexibility index (Phi) is 9.21.